The molecule has 0 radical (unpaired) electrons. The van der Waals surface area contributed by atoms with Gasteiger partial charge < -0.3 is 14.7 Å². The molecule has 3 aromatic heterocycles. The Hall–Kier alpha value is -2.97. The largest absolute Gasteiger partial charge is 0.337 e. The van der Waals surface area contributed by atoms with Crippen molar-refractivity contribution in [3.05, 3.63) is 30.2 Å². The number of aromatic nitrogens is 5. The predicted molar refractivity (Wildman–Crippen MR) is 92.1 cm³/mol. The van der Waals surface area contributed by atoms with Crippen molar-refractivity contribution in [1.29, 1.82) is 0 Å². The molecule has 0 atom stereocenters. The Kier molecular flexibility index (Phi) is 4.64. The Balaban J connectivity index is 1.68. The molecule has 2 amide bonds. The number of hydrogen-bond donors (Lipinski definition) is 1. The van der Waals surface area contributed by atoms with Gasteiger partial charge in [0.25, 0.3) is 0 Å². The molecule has 0 aromatic carbocycles. The van der Waals surface area contributed by atoms with Crippen LogP contribution in [0.2, 0.25) is 0 Å². The van der Waals surface area contributed by atoms with E-state index in [1.807, 2.05) is 31.5 Å². The van der Waals surface area contributed by atoms with Crippen LogP contribution in [0.1, 0.15) is 38.5 Å². The smallest absolute Gasteiger partial charge is 0.322 e. The van der Waals surface area contributed by atoms with Crippen molar-refractivity contribution in [3.63, 3.8) is 0 Å². The van der Waals surface area contributed by atoms with E-state index in [0.29, 0.717) is 23.8 Å². The molecule has 0 saturated heterocycles. The zero-order chi connectivity index (χ0) is 18.0. The lowest BCUT2D eigenvalue weighted by atomic mass is 10.3. The summed E-state index contributed by atoms with van der Waals surface area (Å²) in [4.78, 5) is 22.4. The number of carbonyl (C=O) groups is 1. The van der Waals surface area contributed by atoms with Crippen LogP contribution in [0.3, 0.4) is 0 Å². The second kappa shape index (κ2) is 6.88. The molecule has 9 heteroatoms. The van der Waals surface area contributed by atoms with Crippen molar-refractivity contribution in [3.8, 4) is 0 Å². The molecule has 0 saturated carbocycles. The van der Waals surface area contributed by atoms with E-state index >= 15 is 0 Å². The highest BCUT2D eigenvalue weighted by atomic mass is 16.5. The molecule has 0 unspecified atom stereocenters. The number of pyridine rings is 1. The molecule has 0 fully saturated rings. The van der Waals surface area contributed by atoms with Crippen molar-refractivity contribution < 1.29 is 9.32 Å². The number of nitrogens with one attached hydrogen (secondary N) is 1. The number of nitrogens with zero attached hydrogens (tertiary/aromatic N) is 6. The highest BCUT2D eigenvalue weighted by molar-refractivity contribution is 5.91. The fourth-order valence-electron chi connectivity index (χ4n) is 2.38. The summed E-state index contributed by atoms with van der Waals surface area (Å²) in [7, 11) is 1.66. The Morgan fingerprint density at radius 1 is 1.40 bits per heavy atom. The Bertz CT molecular complexity index is 884. The molecule has 0 aliphatic rings. The second-order valence-corrected chi connectivity index (χ2v) is 6.06. The summed E-state index contributed by atoms with van der Waals surface area (Å²) in [6, 6.07) is 1.79. The molecule has 1 N–H and O–H groups in total. The third-order valence-corrected chi connectivity index (χ3v) is 3.72. The average Bonchev–Trinajstić information content (AvgIpc) is 3.20. The maximum Gasteiger partial charge on any atom is 0.322 e. The van der Waals surface area contributed by atoms with Crippen LogP contribution in [-0.2, 0) is 13.0 Å². The van der Waals surface area contributed by atoms with Crippen molar-refractivity contribution in [2.24, 2.45) is 0 Å². The molecule has 3 aromatic rings. The van der Waals surface area contributed by atoms with Crippen LogP contribution in [0, 0.1) is 0 Å². The first-order valence-corrected chi connectivity index (χ1v) is 8.14. The normalized spacial score (nSPS) is 11.2. The molecular formula is C16H21N7O2. The maximum atomic E-state index is 12.3. The molecule has 3 heterocycles. The van der Waals surface area contributed by atoms with Crippen LogP contribution in [0.5, 0.6) is 0 Å². The van der Waals surface area contributed by atoms with Gasteiger partial charge in [-0.15, -0.1) is 0 Å². The number of aryl methyl sites for hydroxylation is 1. The fraction of sp³-hybridized carbons (Fsp3) is 0.438. The minimum absolute atomic E-state index is 0.221. The fourth-order valence-corrected chi connectivity index (χ4v) is 2.38. The summed E-state index contributed by atoms with van der Waals surface area (Å²) in [5.74, 6) is 1.03. The van der Waals surface area contributed by atoms with Crippen LogP contribution in [-0.4, -0.2) is 42.9 Å². The third kappa shape index (κ3) is 3.59. The number of fused-ring (bicyclic) bond motifs is 1. The van der Waals surface area contributed by atoms with Crippen LogP contribution in [0.15, 0.2) is 23.0 Å². The molecule has 0 aliphatic heterocycles. The number of hydrogen-bond acceptors (Lipinski definition) is 6. The summed E-state index contributed by atoms with van der Waals surface area (Å²) >= 11 is 0. The van der Waals surface area contributed by atoms with Gasteiger partial charge in [0.15, 0.2) is 11.5 Å². The standard InChI is InChI=1S/C16H21N7O2/c1-5-13-20-14(25-21-13)9-22(4)16(24)19-12-6-11-7-18-23(10(2)3)15(11)17-8-12/h6-8,10H,5,9H2,1-4H3,(H,19,24). The highest BCUT2D eigenvalue weighted by Crippen LogP contribution is 2.19. The summed E-state index contributed by atoms with van der Waals surface area (Å²) in [5.41, 5.74) is 1.40. The van der Waals surface area contributed by atoms with Crippen molar-refractivity contribution in [2.45, 2.75) is 39.8 Å². The van der Waals surface area contributed by atoms with E-state index in [1.165, 1.54) is 4.90 Å². The van der Waals surface area contributed by atoms with Gasteiger partial charge in [0.05, 0.1) is 18.1 Å². The van der Waals surface area contributed by atoms with E-state index in [4.69, 9.17) is 4.52 Å². The molecule has 25 heavy (non-hydrogen) atoms. The third-order valence-electron chi connectivity index (χ3n) is 3.72. The minimum Gasteiger partial charge on any atom is -0.337 e. The van der Waals surface area contributed by atoms with Gasteiger partial charge in [0, 0.05) is 24.9 Å². The molecule has 9 nitrogen and oxygen atoms in total. The first-order chi connectivity index (χ1) is 12.0. The SMILES string of the molecule is CCc1noc(CN(C)C(=O)Nc2cnc3c(cnn3C(C)C)c2)n1. The highest BCUT2D eigenvalue weighted by Gasteiger charge is 2.15. The summed E-state index contributed by atoms with van der Waals surface area (Å²) < 4.78 is 6.94. The topological polar surface area (TPSA) is 102 Å². The van der Waals surface area contributed by atoms with Crippen LogP contribution in [0.4, 0.5) is 10.5 Å². The van der Waals surface area contributed by atoms with E-state index in [0.717, 1.165) is 11.0 Å². The summed E-state index contributed by atoms with van der Waals surface area (Å²) in [6.45, 7) is 6.26. The monoisotopic (exact) mass is 343 g/mol. The summed E-state index contributed by atoms with van der Waals surface area (Å²) in [6.07, 6.45) is 4.05. The zero-order valence-electron chi connectivity index (χ0n) is 14.7. The lowest BCUT2D eigenvalue weighted by molar-refractivity contribution is 0.213. The van der Waals surface area contributed by atoms with Crippen molar-refractivity contribution in [1.82, 2.24) is 29.8 Å². The molecule has 0 aliphatic carbocycles. The van der Waals surface area contributed by atoms with Gasteiger partial charge in [0.1, 0.15) is 6.54 Å². The predicted octanol–water partition coefficient (Wildman–Crippen LogP) is 2.62. The number of urea groups is 1. The number of anilines is 1. The maximum absolute atomic E-state index is 12.3. The first kappa shape index (κ1) is 16.9. The van der Waals surface area contributed by atoms with E-state index in [-0.39, 0.29) is 18.6 Å². The van der Waals surface area contributed by atoms with Crippen LogP contribution in [0.25, 0.3) is 11.0 Å². The van der Waals surface area contributed by atoms with Crippen LogP contribution < -0.4 is 5.32 Å². The van der Waals surface area contributed by atoms with E-state index in [2.05, 4.69) is 25.5 Å². The number of carbonyl (C=O) groups excluding carboxylic acids is 1. The Morgan fingerprint density at radius 3 is 2.88 bits per heavy atom. The van der Waals surface area contributed by atoms with Gasteiger partial charge in [-0.1, -0.05) is 12.1 Å². The van der Waals surface area contributed by atoms with E-state index in [1.54, 1.807) is 19.4 Å². The lowest BCUT2D eigenvalue weighted by Crippen LogP contribution is -2.31. The minimum atomic E-state index is -0.284. The molecule has 132 valence electrons. The van der Waals surface area contributed by atoms with Gasteiger partial charge in [-0.2, -0.15) is 10.1 Å². The van der Waals surface area contributed by atoms with Crippen molar-refractivity contribution in [2.75, 3.05) is 12.4 Å². The Morgan fingerprint density at radius 2 is 2.20 bits per heavy atom. The van der Waals surface area contributed by atoms with Gasteiger partial charge in [-0.3, -0.25) is 0 Å². The van der Waals surface area contributed by atoms with Gasteiger partial charge >= 0.3 is 6.03 Å². The van der Waals surface area contributed by atoms with Gasteiger partial charge in [-0.05, 0) is 19.9 Å². The molecular weight excluding hydrogens is 322 g/mol. The molecule has 0 spiro atoms. The lowest BCUT2D eigenvalue weighted by Gasteiger charge is -2.15. The van der Waals surface area contributed by atoms with E-state index < -0.39 is 0 Å². The zero-order valence-corrected chi connectivity index (χ0v) is 14.7. The number of amides is 2. The molecule has 0 bridgehead atoms. The second-order valence-electron chi connectivity index (χ2n) is 6.06. The van der Waals surface area contributed by atoms with Crippen LogP contribution >= 0.6 is 0 Å². The quantitative estimate of drug-likeness (QED) is 0.764. The average molecular weight is 343 g/mol. The first-order valence-electron chi connectivity index (χ1n) is 8.14. The Labute approximate surface area is 145 Å². The summed E-state index contributed by atoms with van der Waals surface area (Å²) in [5, 5.41) is 11.8. The number of rotatable bonds is 5. The van der Waals surface area contributed by atoms with E-state index in [9.17, 15) is 4.79 Å². The van der Waals surface area contributed by atoms with Crippen molar-refractivity contribution >= 4 is 22.8 Å². The van der Waals surface area contributed by atoms with Gasteiger partial charge in [0.2, 0.25) is 5.89 Å². The van der Waals surface area contributed by atoms with Gasteiger partial charge in [-0.25, -0.2) is 14.5 Å². The molecule has 3 rings (SSSR count).